The highest BCUT2D eigenvalue weighted by molar-refractivity contribution is 6.35. The Morgan fingerprint density at radius 3 is 2.39 bits per heavy atom. The first kappa shape index (κ1) is 21.0. The molecule has 0 saturated heterocycles. The quantitative estimate of drug-likeness (QED) is 0.465. The summed E-state index contributed by atoms with van der Waals surface area (Å²) in [4.78, 5) is 2.05. The van der Waals surface area contributed by atoms with Gasteiger partial charge >= 0.3 is 0 Å². The van der Waals surface area contributed by atoms with E-state index >= 15 is 0 Å². The first-order valence-corrected chi connectivity index (χ1v) is 9.88. The summed E-state index contributed by atoms with van der Waals surface area (Å²) in [6.07, 6.45) is 0.930. The molecule has 1 heterocycles. The average Bonchev–Trinajstić information content (AvgIpc) is 3.16. The van der Waals surface area contributed by atoms with Crippen molar-refractivity contribution in [2.45, 2.75) is 19.2 Å². The van der Waals surface area contributed by atoms with Crippen molar-refractivity contribution in [3.8, 4) is 5.75 Å². The molecule has 4 nitrogen and oxygen atoms in total. The minimum absolute atomic E-state index is 0.157. The summed E-state index contributed by atoms with van der Waals surface area (Å²) in [5.74, 6) is 1.46. The van der Waals surface area contributed by atoms with Gasteiger partial charge in [0.05, 0.1) is 12.8 Å². The van der Waals surface area contributed by atoms with Gasteiger partial charge in [-0.25, -0.2) is 0 Å². The molecule has 0 aliphatic rings. The van der Waals surface area contributed by atoms with Crippen molar-refractivity contribution >= 4 is 34.8 Å². The first-order valence-electron chi connectivity index (χ1n) is 8.74. The predicted octanol–water partition coefficient (Wildman–Crippen LogP) is 5.68. The third-order valence-corrected chi connectivity index (χ3v) is 4.93. The fourth-order valence-electron chi connectivity index (χ4n) is 2.77. The van der Waals surface area contributed by atoms with E-state index in [9.17, 15) is 5.11 Å². The Labute approximate surface area is 179 Å². The SMILES string of the molecule is OC(COc1ccc(Cl)cc1)CN(Cc1ccco1)Cc1ccc(Cl)cc1Cl. The number of rotatable bonds is 9. The van der Waals surface area contributed by atoms with Crippen LogP contribution in [0.4, 0.5) is 0 Å². The summed E-state index contributed by atoms with van der Waals surface area (Å²) in [5, 5.41) is 12.3. The Balaban J connectivity index is 1.63. The fraction of sp³-hybridized carbons (Fsp3) is 0.238. The minimum atomic E-state index is -0.697. The number of hydrogen-bond acceptors (Lipinski definition) is 4. The van der Waals surface area contributed by atoms with E-state index in [1.807, 2.05) is 23.1 Å². The zero-order valence-corrected chi connectivity index (χ0v) is 17.3. The van der Waals surface area contributed by atoms with Gasteiger partial charge < -0.3 is 14.3 Å². The van der Waals surface area contributed by atoms with E-state index in [0.29, 0.717) is 40.5 Å². The lowest BCUT2D eigenvalue weighted by atomic mass is 10.2. The van der Waals surface area contributed by atoms with E-state index in [-0.39, 0.29) is 6.61 Å². The Kier molecular flexibility index (Phi) is 7.65. The third kappa shape index (κ3) is 6.43. The number of aliphatic hydroxyl groups is 1. The zero-order chi connectivity index (χ0) is 19.9. The van der Waals surface area contributed by atoms with Crippen LogP contribution in [0, 0.1) is 0 Å². The van der Waals surface area contributed by atoms with Crippen molar-refractivity contribution in [3.05, 3.63) is 87.3 Å². The number of furan rings is 1. The first-order chi connectivity index (χ1) is 13.5. The molecule has 2 aromatic carbocycles. The smallest absolute Gasteiger partial charge is 0.119 e. The highest BCUT2D eigenvalue weighted by atomic mass is 35.5. The molecule has 1 N–H and O–H groups in total. The van der Waals surface area contributed by atoms with Crippen LogP contribution in [0.25, 0.3) is 0 Å². The molecule has 0 saturated carbocycles. The lowest BCUT2D eigenvalue weighted by Crippen LogP contribution is -2.35. The van der Waals surface area contributed by atoms with Gasteiger partial charge in [-0.15, -0.1) is 0 Å². The van der Waals surface area contributed by atoms with Crippen molar-refractivity contribution in [2.24, 2.45) is 0 Å². The van der Waals surface area contributed by atoms with Crippen LogP contribution in [0.3, 0.4) is 0 Å². The van der Waals surface area contributed by atoms with Crippen molar-refractivity contribution in [1.82, 2.24) is 4.90 Å². The molecule has 0 fully saturated rings. The van der Waals surface area contributed by atoms with Crippen molar-refractivity contribution < 1.29 is 14.3 Å². The molecule has 7 heteroatoms. The standard InChI is InChI=1S/C21H20Cl3NO3/c22-16-5-7-19(8-6-16)28-14-18(26)12-25(13-20-2-1-9-27-20)11-15-3-4-17(23)10-21(15)24/h1-10,18,26H,11-14H2. The zero-order valence-electron chi connectivity index (χ0n) is 15.0. The highest BCUT2D eigenvalue weighted by Crippen LogP contribution is 2.23. The maximum absolute atomic E-state index is 10.5. The molecular weight excluding hydrogens is 421 g/mol. The number of halogens is 3. The normalized spacial score (nSPS) is 12.3. The van der Waals surface area contributed by atoms with Gasteiger partial charge in [0.2, 0.25) is 0 Å². The summed E-state index contributed by atoms with van der Waals surface area (Å²) < 4.78 is 11.1. The molecule has 1 unspecified atom stereocenters. The van der Waals surface area contributed by atoms with Gasteiger partial charge in [-0.3, -0.25) is 4.90 Å². The Hall–Kier alpha value is -1.69. The van der Waals surface area contributed by atoms with Crippen LogP contribution in [-0.4, -0.2) is 29.3 Å². The molecule has 28 heavy (non-hydrogen) atoms. The number of aliphatic hydroxyl groups excluding tert-OH is 1. The highest BCUT2D eigenvalue weighted by Gasteiger charge is 2.16. The Morgan fingerprint density at radius 2 is 1.71 bits per heavy atom. The van der Waals surface area contributed by atoms with Gasteiger partial charge in [-0.1, -0.05) is 40.9 Å². The van der Waals surface area contributed by atoms with Gasteiger partial charge in [0, 0.05) is 28.2 Å². The maximum Gasteiger partial charge on any atom is 0.119 e. The summed E-state index contributed by atoms with van der Waals surface area (Å²) in [5.41, 5.74) is 0.920. The lowest BCUT2D eigenvalue weighted by Gasteiger charge is -2.25. The molecule has 0 radical (unpaired) electrons. The molecule has 0 bridgehead atoms. The monoisotopic (exact) mass is 439 g/mol. The van der Waals surface area contributed by atoms with Crippen LogP contribution in [0.1, 0.15) is 11.3 Å². The molecular formula is C21H20Cl3NO3. The van der Waals surface area contributed by atoms with E-state index in [4.69, 9.17) is 44.0 Å². The van der Waals surface area contributed by atoms with Crippen LogP contribution in [0.15, 0.2) is 65.3 Å². The van der Waals surface area contributed by atoms with Crippen molar-refractivity contribution in [2.75, 3.05) is 13.2 Å². The van der Waals surface area contributed by atoms with Crippen LogP contribution in [-0.2, 0) is 13.1 Å². The summed E-state index contributed by atoms with van der Waals surface area (Å²) >= 11 is 18.2. The van der Waals surface area contributed by atoms with Gasteiger partial charge in [0.1, 0.15) is 24.2 Å². The van der Waals surface area contributed by atoms with Gasteiger partial charge in [-0.2, -0.15) is 0 Å². The second-order valence-electron chi connectivity index (χ2n) is 6.40. The van der Waals surface area contributed by atoms with Crippen LogP contribution < -0.4 is 4.74 Å². The second kappa shape index (κ2) is 10.2. The molecule has 0 aliphatic heterocycles. The minimum Gasteiger partial charge on any atom is -0.491 e. The largest absolute Gasteiger partial charge is 0.491 e. The van der Waals surface area contributed by atoms with Crippen molar-refractivity contribution in [1.29, 1.82) is 0 Å². The van der Waals surface area contributed by atoms with Gasteiger partial charge in [0.25, 0.3) is 0 Å². The Morgan fingerprint density at radius 1 is 0.964 bits per heavy atom. The van der Waals surface area contributed by atoms with Gasteiger partial charge in [-0.05, 0) is 54.1 Å². The second-order valence-corrected chi connectivity index (χ2v) is 7.68. The molecule has 148 valence electrons. The maximum atomic E-state index is 10.5. The van der Waals surface area contributed by atoms with Crippen molar-refractivity contribution in [3.63, 3.8) is 0 Å². The number of benzene rings is 2. The summed E-state index contributed by atoms with van der Waals surface area (Å²) in [6, 6.07) is 16.2. The topological polar surface area (TPSA) is 45.8 Å². The molecule has 0 aliphatic carbocycles. The molecule has 3 aromatic rings. The molecule has 1 atom stereocenters. The van der Waals surface area contributed by atoms with E-state index in [2.05, 4.69) is 0 Å². The number of nitrogens with zero attached hydrogens (tertiary/aromatic N) is 1. The Bertz CT molecular complexity index is 869. The van der Waals surface area contributed by atoms with E-state index in [0.717, 1.165) is 11.3 Å². The molecule has 0 amide bonds. The van der Waals surface area contributed by atoms with Crippen LogP contribution in [0.2, 0.25) is 15.1 Å². The van der Waals surface area contributed by atoms with E-state index in [1.165, 1.54) is 0 Å². The van der Waals surface area contributed by atoms with E-state index < -0.39 is 6.10 Å². The number of ether oxygens (including phenoxy) is 1. The van der Waals surface area contributed by atoms with Crippen LogP contribution in [0.5, 0.6) is 5.75 Å². The average molecular weight is 441 g/mol. The lowest BCUT2D eigenvalue weighted by molar-refractivity contribution is 0.0605. The molecule has 3 rings (SSSR count). The van der Waals surface area contributed by atoms with E-state index in [1.54, 1.807) is 42.7 Å². The molecule has 0 spiro atoms. The third-order valence-electron chi connectivity index (χ3n) is 4.09. The van der Waals surface area contributed by atoms with Gasteiger partial charge in [0.15, 0.2) is 0 Å². The summed E-state index contributed by atoms with van der Waals surface area (Å²) in [6.45, 7) is 1.61. The predicted molar refractivity (Wildman–Crippen MR) is 112 cm³/mol. The molecule has 1 aromatic heterocycles. The summed E-state index contributed by atoms with van der Waals surface area (Å²) in [7, 11) is 0. The number of hydrogen-bond donors (Lipinski definition) is 1. The fourth-order valence-corrected chi connectivity index (χ4v) is 3.37. The van der Waals surface area contributed by atoms with Crippen LogP contribution >= 0.6 is 34.8 Å².